The first-order chi connectivity index (χ1) is 14.5. The molecule has 152 valence electrons. The van der Waals surface area contributed by atoms with Crippen molar-refractivity contribution in [2.45, 2.75) is 17.9 Å². The summed E-state index contributed by atoms with van der Waals surface area (Å²) in [6.07, 6.45) is -0.0441. The highest BCUT2D eigenvalue weighted by Crippen LogP contribution is 2.20. The highest BCUT2D eigenvalue weighted by Gasteiger charge is 2.15. The number of hydrogen-bond acceptors (Lipinski definition) is 4. The Kier molecular flexibility index (Phi) is 5.79. The van der Waals surface area contributed by atoms with E-state index in [1.807, 2.05) is 66.7 Å². The molecule has 0 saturated heterocycles. The van der Waals surface area contributed by atoms with Gasteiger partial charge in [0.05, 0.1) is 11.3 Å². The van der Waals surface area contributed by atoms with Crippen LogP contribution in [0.1, 0.15) is 12.0 Å². The van der Waals surface area contributed by atoms with Gasteiger partial charge in [-0.2, -0.15) is 0 Å². The predicted octanol–water partition coefficient (Wildman–Crippen LogP) is 4.40. The van der Waals surface area contributed by atoms with Gasteiger partial charge in [-0.1, -0.05) is 72.8 Å². The van der Waals surface area contributed by atoms with Gasteiger partial charge in [-0.3, -0.25) is 4.79 Å². The quantitative estimate of drug-likeness (QED) is 0.451. The Morgan fingerprint density at radius 2 is 1.50 bits per heavy atom. The zero-order valence-electron chi connectivity index (χ0n) is 16.2. The van der Waals surface area contributed by atoms with Crippen LogP contribution < -0.4 is 4.72 Å². The van der Waals surface area contributed by atoms with Crippen molar-refractivity contribution in [1.29, 1.82) is 0 Å². The van der Waals surface area contributed by atoms with Gasteiger partial charge in [-0.05, 0) is 39.2 Å². The lowest BCUT2D eigenvalue weighted by Gasteiger charge is -2.09. The van der Waals surface area contributed by atoms with Crippen LogP contribution in [0.15, 0.2) is 89.8 Å². The molecule has 0 atom stereocenters. The first-order valence-corrected chi connectivity index (χ1v) is 11.1. The Labute approximate surface area is 175 Å². The number of esters is 1. The third kappa shape index (κ3) is 4.50. The Hall–Kier alpha value is -3.22. The van der Waals surface area contributed by atoms with Gasteiger partial charge in [-0.25, -0.2) is 13.1 Å². The van der Waals surface area contributed by atoms with E-state index in [9.17, 15) is 13.2 Å². The maximum atomic E-state index is 12.5. The van der Waals surface area contributed by atoms with Crippen LogP contribution in [-0.4, -0.2) is 20.9 Å². The second kappa shape index (κ2) is 8.65. The van der Waals surface area contributed by atoms with Crippen molar-refractivity contribution in [3.63, 3.8) is 0 Å². The highest BCUT2D eigenvalue weighted by molar-refractivity contribution is 7.89. The largest absolute Gasteiger partial charge is 0.461 e. The number of benzene rings is 4. The number of sulfonamides is 1. The van der Waals surface area contributed by atoms with Crippen LogP contribution >= 0.6 is 0 Å². The third-order valence-electron chi connectivity index (χ3n) is 4.92. The number of fused-ring (bicyclic) bond motifs is 2. The molecule has 0 unspecified atom stereocenters. The fourth-order valence-corrected chi connectivity index (χ4v) is 4.42. The molecular formula is C24H21NO4S. The second-order valence-electron chi connectivity index (χ2n) is 6.96. The van der Waals surface area contributed by atoms with E-state index in [4.69, 9.17) is 4.74 Å². The Balaban J connectivity index is 1.33. The summed E-state index contributed by atoms with van der Waals surface area (Å²) in [5.41, 5.74) is 0.915. The molecule has 4 aromatic carbocycles. The minimum atomic E-state index is -3.70. The second-order valence-corrected chi connectivity index (χ2v) is 8.72. The number of hydrogen-bond donors (Lipinski definition) is 1. The summed E-state index contributed by atoms with van der Waals surface area (Å²) in [4.78, 5) is 12.3. The summed E-state index contributed by atoms with van der Waals surface area (Å²) < 4.78 is 32.9. The average molecular weight is 420 g/mol. The summed E-state index contributed by atoms with van der Waals surface area (Å²) >= 11 is 0. The van der Waals surface area contributed by atoms with Gasteiger partial charge < -0.3 is 4.74 Å². The number of carbonyl (C=O) groups is 1. The van der Waals surface area contributed by atoms with Crippen LogP contribution in [0.25, 0.3) is 21.5 Å². The molecule has 0 aliphatic carbocycles. The van der Waals surface area contributed by atoms with E-state index in [1.54, 1.807) is 18.2 Å². The van der Waals surface area contributed by atoms with Crippen molar-refractivity contribution in [3.8, 4) is 0 Å². The number of ether oxygens (including phenoxy) is 1. The standard InChI is InChI=1S/C24H21NO4S/c26-24(29-17-21-10-5-9-19-7-3-4-11-23(19)21)14-15-25-30(27,28)22-13-12-18-6-1-2-8-20(18)16-22/h1-13,16,25H,14-15,17H2. The molecule has 0 saturated carbocycles. The van der Waals surface area contributed by atoms with E-state index in [0.717, 1.165) is 27.1 Å². The first-order valence-electron chi connectivity index (χ1n) is 9.64. The first kappa shape index (κ1) is 20.1. The molecular weight excluding hydrogens is 398 g/mol. The predicted molar refractivity (Wildman–Crippen MR) is 117 cm³/mol. The lowest BCUT2D eigenvalue weighted by atomic mass is 10.1. The van der Waals surface area contributed by atoms with Crippen molar-refractivity contribution >= 4 is 37.5 Å². The molecule has 0 spiro atoms. The van der Waals surface area contributed by atoms with E-state index >= 15 is 0 Å². The van der Waals surface area contributed by atoms with Crippen molar-refractivity contribution in [1.82, 2.24) is 4.72 Å². The lowest BCUT2D eigenvalue weighted by molar-refractivity contribution is -0.144. The van der Waals surface area contributed by atoms with Crippen LogP contribution in [0, 0.1) is 0 Å². The molecule has 6 heteroatoms. The summed E-state index contributed by atoms with van der Waals surface area (Å²) in [6.45, 7) is 0.126. The Bertz CT molecular complexity index is 1310. The number of carbonyl (C=O) groups excluding carboxylic acids is 1. The van der Waals surface area contributed by atoms with Gasteiger partial charge in [0.15, 0.2) is 0 Å². The minimum Gasteiger partial charge on any atom is -0.461 e. The van der Waals surface area contributed by atoms with E-state index in [2.05, 4.69) is 4.72 Å². The molecule has 0 bridgehead atoms. The topological polar surface area (TPSA) is 72.5 Å². The average Bonchev–Trinajstić information content (AvgIpc) is 2.77. The molecule has 0 heterocycles. The highest BCUT2D eigenvalue weighted by atomic mass is 32.2. The zero-order valence-corrected chi connectivity index (χ0v) is 17.1. The molecule has 5 nitrogen and oxygen atoms in total. The van der Waals surface area contributed by atoms with E-state index in [0.29, 0.717) is 0 Å². The van der Waals surface area contributed by atoms with Crippen LogP contribution in [0.2, 0.25) is 0 Å². The molecule has 0 aliphatic rings. The fourth-order valence-electron chi connectivity index (χ4n) is 3.35. The summed E-state index contributed by atoms with van der Waals surface area (Å²) in [6, 6.07) is 26.2. The minimum absolute atomic E-state index is 0.0243. The van der Waals surface area contributed by atoms with Crippen molar-refractivity contribution < 1.29 is 17.9 Å². The van der Waals surface area contributed by atoms with Crippen LogP contribution in [0.5, 0.6) is 0 Å². The van der Waals surface area contributed by atoms with Gasteiger partial charge in [0.25, 0.3) is 0 Å². The van der Waals surface area contributed by atoms with Gasteiger partial charge in [0.1, 0.15) is 6.61 Å². The van der Waals surface area contributed by atoms with Gasteiger partial charge in [-0.15, -0.1) is 0 Å². The summed E-state index contributed by atoms with van der Waals surface area (Å²) in [5.74, 6) is -0.454. The SMILES string of the molecule is O=C(CCNS(=O)(=O)c1ccc2ccccc2c1)OCc1cccc2ccccc12. The molecule has 0 aromatic heterocycles. The molecule has 0 amide bonds. The molecule has 0 radical (unpaired) electrons. The smallest absolute Gasteiger partial charge is 0.307 e. The van der Waals surface area contributed by atoms with E-state index in [-0.39, 0.29) is 24.5 Å². The molecule has 4 rings (SSSR count). The van der Waals surface area contributed by atoms with Crippen LogP contribution in [-0.2, 0) is 26.2 Å². The lowest BCUT2D eigenvalue weighted by Crippen LogP contribution is -2.26. The van der Waals surface area contributed by atoms with Gasteiger partial charge in [0, 0.05) is 6.54 Å². The van der Waals surface area contributed by atoms with Crippen molar-refractivity contribution in [3.05, 3.63) is 90.5 Å². The monoisotopic (exact) mass is 419 g/mol. The Morgan fingerprint density at radius 1 is 0.800 bits per heavy atom. The molecule has 0 fully saturated rings. The van der Waals surface area contributed by atoms with Gasteiger partial charge in [0.2, 0.25) is 10.0 Å². The maximum absolute atomic E-state index is 12.5. The van der Waals surface area contributed by atoms with E-state index < -0.39 is 16.0 Å². The molecule has 4 aromatic rings. The zero-order chi connectivity index (χ0) is 21.0. The number of rotatable bonds is 7. The van der Waals surface area contributed by atoms with Crippen LogP contribution in [0.3, 0.4) is 0 Å². The summed E-state index contributed by atoms with van der Waals surface area (Å²) in [5, 5.41) is 3.92. The van der Waals surface area contributed by atoms with Crippen molar-refractivity contribution in [2.24, 2.45) is 0 Å². The third-order valence-corrected chi connectivity index (χ3v) is 6.38. The fraction of sp³-hybridized carbons (Fsp3) is 0.125. The van der Waals surface area contributed by atoms with E-state index in [1.165, 1.54) is 0 Å². The Morgan fingerprint density at radius 3 is 2.33 bits per heavy atom. The summed E-state index contributed by atoms with van der Waals surface area (Å²) in [7, 11) is -3.70. The molecule has 30 heavy (non-hydrogen) atoms. The normalized spacial score (nSPS) is 11.6. The number of nitrogens with one attached hydrogen (secondary N) is 1. The molecule has 0 aliphatic heterocycles. The van der Waals surface area contributed by atoms with Crippen molar-refractivity contribution in [2.75, 3.05) is 6.54 Å². The maximum Gasteiger partial charge on any atom is 0.307 e. The van der Waals surface area contributed by atoms with Gasteiger partial charge >= 0.3 is 5.97 Å². The van der Waals surface area contributed by atoms with Crippen LogP contribution in [0.4, 0.5) is 0 Å². The molecule has 1 N–H and O–H groups in total.